The first-order valence-electron chi connectivity index (χ1n) is 68.5. The van der Waals surface area contributed by atoms with Gasteiger partial charge in [-0.05, 0) is 630 Å². The van der Waals surface area contributed by atoms with Crippen LogP contribution in [0, 0.1) is 242 Å². The number of Topliss-reactive ketones (excluding diaryl/α,β-unsaturated/α-hetero) is 6. The van der Waals surface area contributed by atoms with Gasteiger partial charge < -0.3 is 30.6 Å². The van der Waals surface area contributed by atoms with E-state index in [4.69, 9.17) is 21.9 Å². The number of aliphatic hydroxyl groups is 6. The Balaban J connectivity index is 0.000000118. The van der Waals surface area contributed by atoms with Crippen molar-refractivity contribution in [3.05, 3.63) is 0 Å². The zero-order chi connectivity index (χ0) is 117. The molecule has 48 atom stereocenters. The number of carbonyl (C=O) groups is 6. The molecular weight excluding hydrogens is 1770 g/mol. The standard InChI is InChI=1S/5C22H36O2.C21H34O2/c5*1-14(23)17-7-8-18-16-6-5-15-13-20(2,24)11-12-21(15,3)19(16)9-10-22(17,18)4;1-13(22)17-6-7-18-16-5-4-14-12-15(23)8-10-20(14,2)19(16)9-11-21(17,18)3/h5*15-19,24H,5-13H2,1-4H3;14-19,23H,4-12H2,1-3H3/t3*15-,16-,17+,18-,19-,20+,21-,22+;2*15-,16-,17+,18-,19-,20-,21-,22+;14-,15-,16-,17+,18-,19-,20-,21+/m000000/s1/i2D3,17D;17D;2D3;2D3,17D;2D3;15D. The van der Waals surface area contributed by atoms with Crippen LogP contribution < -0.4 is 0 Å². The quantitative estimate of drug-likeness (QED) is 0.146. The van der Waals surface area contributed by atoms with Crippen LogP contribution in [0.5, 0.6) is 0 Å². The SMILES string of the molecule is [2H]C([2H])([2H])[C@@]1(O)CC[C@@]2(C)[C@@H](CC[C@@H]3[C@@H]2CC[C@@]2(C)[C@H]3CC[C@]2([2H])C(C)=O)C1.[2H]C([2H])([2H])[C@@]1(O)CC[C@@]2(C)[C@@H](CC[C@@H]3[C@@H]2CC[C@]2(C)[C@@H](C(C)=O)CC[C@@H]32)C1.[2H]C([2H])([2H])[C@]1(O)CC[C@@]2(C)[C@@H](CC[C@@H]3[C@@H]2CC[C@@]2(C)[C@H]3CC[C@]2([2H])C(C)=O)C1.[2H]C([2H])([2H])[C@]1(O)CC[C@@]2(C)[C@@H](CC[C@@H]3[C@@H]2CC[C@]2(C)[C@@H](C(C)=O)CC[C@@H]32)C1.[2H][C@]1(C(C)=O)CC[C@H]2[C@@H]3CC[C@H]4C[C@](C)(O)CC[C@]4(C)[C@H]3CC[C@@]21C.[2H][C@]1(O)CC[C@@]2(C)[C@@H](CC[C@@H]3[C@@H]2CC[C@]2(C)[C@@H](C(C)=O)CC[C@@H]32)C1. The molecule has 24 fully saturated rings. The molecule has 24 aliphatic rings. The maximum absolute atomic E-state index is 12.4. The van der Waals surface area contributed by atoms with Gasteiger partial charge in [0.15, 0.2) is 0 Å². The van der Waals surface area contributed by atoms with E-state index in [2.05, 4.69) is 83.1 Å². The molecule has 12 heteroatoms. The second-order valence-electron chi connectivity index (χ2n) is 60.3. The van der Waals surface area contributed by atoms with Crippen LogP contribution in [-0.4, -0.2) is 99.4 Å². The van der Waals surface area contributed by atoms with Gasteiger partial charge in [-0.3, -0.25) is 28.8 Å². The van der Waals surface area contributed by atoms with Crippen molar-refractivity contribution < 1.29 is 81.3 Å². The summed E-state index contributed by atoms with van der Waals surface area (Å²) in [5.41, 5.74) is -5.42. The van der Waals surface area contributed by atoms with Crippen molar-refractivity contribution in [2.24, 2.45) is 242 Å². The third-order valence-corrected chi connectivity index (χ3v) is 54.5. The Kier molecular flexibility index (Phi) is 24.2. The van der Waals surface area contributed by atoms with E-state index in [0.717, 1.165) is 216 Å². The summed E-state index contributed by atoms with van der Waals surface area (Å²) in [6.45, 7) is 31.2. The topological polar surface area (TPSA) is 224 Å². The number of ketones is 6. The first kappa shape index (κ1) is 90.0. The molecule has 0 unspecified atom stereocenters. The number of hydrogen-bond donors (Lipinski definition) is 6. The summed E-state index contributed by atoms with van der Waals surface area (Å²) in [7, 11) is 0. The molecule has 0 heterocycles. The van der Waals surface area contributed by atoms with Gasteiger partial charge in [-0.2, -0.15) is 0 Å². The lowest BCUT2D eigenvalue weighted by molar-refractivity contribution is -0.150. The highest BCUT2D eigenvalue weighted by atomic mass is 16.3. The first-order chi connectivity index (χ1) is 73.1. The lowest BCUT2D eigenvalue weighted by atomic mass is 9.44. The molecule has 24 aliphatic carbocycles. The largest absolute Gasteiger partial charge is 0.393 e. The first-order valence-corrected chi connectivity index (χ1v) is 60.5. The average Bonchev–Trinajstić information content (AvgIpc) is 1.60. The summed E-state index contributed by atoms with van der Waals surface area (Å²) in [4.78, 5) is 73.8. The molecule has 6 N–H and O–H groups in total. The normalized spacial score (nSPS) is 60.8. The highest BCUT2D eigenvalue weighted by Gasteiger charge is 2.71. The van der Waals surface area contributed by atoms with Gasteiger partial charge in [0.05, 0.1) is 35.5 Å². The molecule has 0 saturated heterocycles. The van der Waals surface area contributed by atoms with Crippen LogP contribution in [0.25, 0.3) is 0 Å². The van der Waals surface area contributed by atoms with E-state index < -0.39 is 79.2 Å². The molecule has 24 rings (SSSR count). The molecule has 0 bridgehead atoms. The van der Waals surface area contributed by atoms with Crippen molar-refractivity contribution >= 4 is 34.7 Å². The molecule has 12 nitrogen and oxygen atoms in total. The molecular formula is C131H214O12. The monoisotopic (exact) mass is 2000 g/mol. The molecule has 0 aliphatic heterocycles. The average molecular weight is 2000 g/mol. The predicted molar refractivity (Wildman–Crippen MR) is 575 cm³/mol. The molecule has 810 valence electrons. The molecule has 143 heavy (non-hydrogen) atoms. The molecule has 0 aromatic rings. The Morgan fingerprint density at radius 2 is 0.392 bits per heavy atom. The summed E-state index contributed by atoms with van der Waals surface area (Å²) in [6.07, 6.45) is 49.0. The van der Waals surface area contributed by atoms with Gasteiger partial charge in [0.25, 0.3) is 0 Å². The van der Waals surface area contributed by atoms with Crippen molar-refractivity contribution in [2.45, 2.75) is 540 Å². The van der Waals surface area contributed by atoms with Gasteiger partial charge >= 0.3 is 0 Å². The van der Waals surface area contributed by atoms with Crippen molar-refractivity contribution in [3.8, 4) is 0 Å². The van der Waals surface area contributed by atoms with E-state index in [1.807, 2.05) is 6.92 Å². The zero-order valence-corrected chi connectivity index (χ0v) is 93.4. The Hall–Kier alpha value is -2.22. The number of fused-ring (bicyclic) bond motifs is 30. The van der Waals surface area contributed by atoms with Crippen molar-refractivity contribution in [1.82, 2.24) is 0 Å². The Morgan fingerprint density at radius 3 is 0.622 bits per heavy atom. The highest BCUT2D eigenvalue weighted by Crippen LogP contribution is 2.77. The second-order valence-corrected chi connectivity index (χ2v) is 60.3. The molecule has 0 spiro atoms. The molecule has 0 radical (unpaired) electrons. The molecule has 24 saturated carbocycles. The third kappa shape index (κ3) is 18.4. The summed E-state index contributed by atoms with van der Waals surface area (Å²) in [6, 6.07) is 0. The minimum atomic E-state index is -2.31. The van der Waals surface area contributed by atoms with Gasteiger partial charge in [-0.15, -0.1) is 0 Å². The molecule has 0 amide bonds. The van der Waals surface area contributed by atoms with Crippen LogP contribution in [0.3, 0.4) is 0 Å². The van der Waals surface area contributed by atoms with Gasteiger partial charge in [0.2, 0.25) is 0 Å². The van der Waals surface area contributed by atoms with E-state index in [9.17, 15) is 59.4 Å². The highest BCUT2D eigenvalue weighted by molar-refractivity contribution is 5.82. The maximum atomic E-state index is 12.4. The summed E-state index contributed by atoms with van der Waals surface area (Å²) in [5, 5.41) is 64.2. The van der Waals surface area contributed by atoms with Crippen LogP contribution >= 0.6 is 0 Å². The minimum Gasteiger partial charge on any atom is -0.393 e. The Labute approximate surface area is 893 Å². The van der Waals surface area contributed by atoms with E-state index in [-0.39, 0.29) is 95.2 Å². The minimum absolute atomic E-state index is 0.0243. The van der Waals surface area contributed by atoms with Crippen molar-refractivity contribution in [2.75, 3.05) is 0 Å². The lowest BCUT2D eigenvalue weighted by Gasteiger charge is -2.61. The van der Waals surface area contributed by atoms with Gasteiger partial charge in [0.1, 0.15) is 34.7 Å². The van der Waals surface area contributed by atoms with E-state index >= 15 is 0 Å². The van der Waals surface area contributed by atoms with E-state index in [1.54, 1.807) is 41.5 Å². The Morgan fingerprint density at radius 1 is 0.203 bits per heavy atom. The van der Waals surface area contributed by atoms with Crippen LogP contribution in [0.2, 0.25) is 0 Å². The van der Waals surface area contributed by atoms with Gasteiger partial charge in [0, 0.05) is 56.0 Å². The summed E-state index contributed by atoms with van der Waals surface area (Å²) < 4.78 is 129. The molecule has 0 aromatic carbocycles. The smallest absolute Gasteiger partial charge is 0.133 e. The van der Waals surface area contributed by atoms with Gasteiger partial charge in [-0.25, -0.2) is 0 Å². The van der Waals surface area contributed by atoms with Crippen LogP contribution in [0.4, 0.5) is 0 Å². The lowest BCUT2D eigenvalue weighted by Crippen LogP contribution is -2.55. The molecule has 0 aromatic heterocycles. The van der Waals surface area contributed by atoms with E-state index in [1.165, 1.54) is 77.0 Å². The number of carbonyl (C=O) groups excluding carboxylic acids is 6. The van der Waals surface area contributed by atoms with Crippen molar-refractivity contribution in [3.63, 3.8) is 0 Å². The second kappa shape index (κ2) is 38.4. The fourth-order valence-corrected chi connectivity index (χ4v) is 46.6. The van der Waals surface area contributed by atoms with Crippen LogP contribution in [0.15, 0.2) is 0 Å². The van der Waals surface area contributed by atoms with E-state index in [0.29, 0.717) is 218 Å². The van der Waals surface area contributed by atoms with Crippen LogP contribution in [0.1, 0.15) is 528 Å². The summed E-state index contributed by atoms with van der Waals surface area (Å²) >= 11 is 0. The van der Waals surface area contributed by atoms with Crippen molar-refractivity contribution in [1.29, 1.82) is 0 Å². The van der Waals surface area contributed by atoms with Crippen LogP contribution in [-0.2, 0) is 28.8 Å². The third-order valence-electron chi connectivity index (χ3n) is 54.5. The number of rotatable bonds is 6. The number of hydrogen-bond acceptors (Lipinski definition) is 12. The fourth-order valence-electron chi connectivity index (χ4n) is 46.6. The van der Waals surface area contributed by atoms with Gasteiger partial charge in [-0.1, -0.05) is 83.1 Å². The predicted octanol–water partition coefficient (Wildman–Crippen LogP) is 29.5. The Bertz CT molecular complexity index is 5190. The fraction of sp³-hybridized carbons (Fsp3) is 0.954. The zero-order valence-electron chi connectivity index (χ0n) is 109. The maximum Gasteiger partial charge on any atom is 0.133 e. The summed E-state index contributed by atoms with van der Waals surface area (Å²) in [5.74, 6) is 12.7.